The molecule has 1 unspecified atom stereocenters. The molecule has 0 aliphatic rings. The minimum absolute atomic E-state index is 0.124. The van der Waals surface area contributed by atoms with Crippen molar-refractivity contribution in [2.24, 2.45) is 0 Å². The van der Waals surface area contributed by atoms with Crippen LogP contribution in [0.25, 0.3) is 0 Å². The van der Waals surface area contributed by atoms with E-state index in [9.17, 15) is 13.2 Å². The summed E-state index contributed by atoms with van der Waals surface area (Å²) in [6, 6.07) is 18.7. The van der Waals surface area contributed by atoms with Gasteiger partial charge in [-0.2, -0.15) is 0 Å². The first-order chi connectivity index (χ1) is 13.5. The van der Waals surface area contributed by atoms with E-state index < -0.39 is 21.0 Å². The van der Waals surface area contributed by atoms with Crippen LogP contribution in [0.15, 0.2) is 82.3 Å². The molecule has 0 fully saturated rings. The molecule has 3 rings (SSSR count). The molecule has 1 atom stereocenters. The Kier molecular flexibility index (Phi) is 6.16. The molecule has 6 nitrogen and oxygen atoms in total. The fraction of sp³-hybridized carbons (Fsp3) is 0.190. The third kappa shape index (κ3) is 4.80. The number of carbonyl (C=O) groups excluding carboxylic acids is 1. The standard InChI is InChI=1S/C21H21NO5S/c1-16-9-11-18(12-10-16)28(24,25)20(19-8-5-13-26-19)14-22-21(23)15-27-17-6-3-2-4-7-17/h2-13,20H,14-15H2,1H3,(H,22,23). The fourth-order valence-corrected chi connectivity index (χ4v) is 4.24. The Hall–Kier alpha value is -3.06. The van der Waals surface area contributed by atoms with E-state index in [-0.39, 0.29) is 23.8 Å². The number of benzene rings is 2. The third-order valence-corrected chi connectivity index (χ3v) is 6.26. The molecule has 3 aromatic rings. The molecule has 0 radical (unpaired) electrons. The SMILES string of the molecule is Cc1ccc(S(=O)(=O)C(CNC(=O)COc2ccccc2)c2ccco2)cc1. The van der Waals surface area contributed by atoms with Gasteiger partial charge in [-0.25, -0.2) is 8.42 Å². The van der Waals surface area contributed by atoms with Crippen LogP contribution in [0, 0.1) is 6.92 Å². The maximum Gasteiger partial charge on any atom is 0.257 e. The molecule has 146 valence electrons. The number of furan rings is 1. The van der Waals surface area contributed by atoms with Gasteiger partial charge in [0.15, 0.2) is 16.4 Å². The fourth-order valence-electron chi connectivity index (χ4n) is 2.65. The summed E-state index contributed by atoms with van der Waals surface area (Å²) in [5.74, 6) is 0.414. The summed E-state index contributed by atoms with van der Waals surface area (Å²) >= 11 is 0. The zero-order valence-electron chi connectivity index (χ0n) is 15.4. The predicted molar refractivity (Wildman–Crippen MR) is 105 cm³/mol. The van der Waals surface area contributed by atoms with Crippen molar-refractivity contribution in [1.82, 2.24) is 5.32 Å². The molecular weight excluding hydrogens is 378 g/mol. The highest BCUT2D eigenvalue weighted by Crippen LogP contribution is 2.29. The summed E-state index contributed by atoms with van der Waals surface area (Å²) < 4.78 is 36.9. The molecule has 28 heavy (non-hydrogen) atoms. The van der Waals surface area contributed by atoms with Crippen molar-refractivity contribution in [2.75, 3.05) is 13.2 Å². The van der Waals surface area contributed by atoms with Gasteiger partial charge in [-0.05, 0) is 43.3 Å². The Morgan fingerprint density at radius 1 is 1.04 bits per heavy atom. The average molecular weight is 399 g/mol. The van der Waals surface area contributed by atoms with Crippen LogP contribution in [0.3, 0.4) is 0 Å². The van der Waals surface area contributed by atoms with E-state index in [2.05, 4.69) is 5.32 Å². The first-order valence-corrected chi connectivity index (χ1v) is 10.3. The largest absolute Gasteiger partial charge is 0.484 e. The second-order valence-electron chi connectivity index (χ2n) is 6.27. The van der Waals surface area contributed by atoms with Gasteiger partial charge in [-0.15, -0.1) is 0 Å². The Morgan fingerprint density at radius 3 is 2.39 bits per heavy atom. The summed E-state index contributed by atoms with van der Waals surface area (Å²) in [4.78, 5) is 12.3. The minimum atomic E-state index is -3.75. The molecule has 0 spiro atoms. The molecule has 1 aromatic heterocycles. The number of amides is 1. The zero-order chi connectivity index (χ0) is 20.0. The van der Waals surface area contributed by atoms with Gasteiger partial charge in [-0.1, -0.05) is 35.9 Å². The van der Waals surface area contributed by atoms with Gasteiger partial charge < -0.3 is 14.5 Å². The van der Waals surface area contributed by atoms with Crippen molar-refractivity contribution in [3.63, 3.8) is 0 Å². The zero-order valence-corrected chi connectivity index (χ0v) is 16.2. The summed E-state index contributed by atoms with van der Waals surface area (Å²) in [5, 5.41) is 1.59. The van der Waals surface area contributed by atoms with Crippen LogP contribution in [0.4, 0.5) is 0 Å². The van der Waals surface area contributed by atoms with E-state index >= 15 is 0 Å². The van der Waals surface area contributed by atoms with Gasteiger partial charge in [0.05, 0.1) is 11.2 Å². The first-order valence-electron chi connectivity index (χ1n) is 8.75. The number of para-hydroxylation sites is 1. The molecule has 2 aromatic carbocycles. The maximum atomic E-state index is 13.1. The normalized spacial score (nSPS) is 12.3. The van der Waals surface area contributed by atoms with Gasteiger partial charge in [0.25, 0.3) is 5.91 Å². The molecular formula is C21H21NO5S. The number of hydrogen-bond donors (Lipinski definition) is 1. The van der Waals surface area contributed by atoms with Crippen molar-refractivity contribution in [2.45, 2.75) is 17.1 Å². The van der Waals surface area contributed by atoms with Crippen LogP contribution in [-0.4, -0.2) is 27.5 Å². The predicted octanol–water partition coefficient (Wildman–Crippen LogP) is 3.30. The third-order valence-electron chi connectivity index (χ3n) is 4.18. The van der Waals surface area contributed by atoms with Crippen LogP contribution in [0.5, 0.6) is 5.75 Å². The van der Waals surface area contributed by atoms with Gasteiger partial charge in [0.2, 0.25) is 0 Å². The molecule has 0 saturated heterocycles. The van der Waals surface area contributed by atoms with Gasteiger partial charge in [0, 0.05) is 6.54 Å². The Balaban J connectivity index is 1.71. The van der Waals surface area contributed by atoms with Gasteiger partial charge >= 0.3 is 0 Å². The Labute approximate surface area is 164 Å². The number of aryl methyl sites for hydroxylation is 1. The summed E-state index contributed by atoms with van der Waals surface area (Å²) in [7, 11) is -3.75. The molecule has 1 heterocycles. The summed E-state index contributed by atoms with van der Waals surface area (Å²) in [6.45, 7) is 1.55. The topological polar surface area (TPSA) is 85.6 Å². The van der Waals surface area contributed by atoms with Crippen LogP contribution in [0.1, 0.15) is 16.6 Å². The molecule has 7 heteroatoms. The van der Waals surface area contributed by atoms with E-state index in [4.69, 9.17) is 9.15 Å². The summed E-state index contributed by atoms with van der Waals surface area (Å²) in [6.07, 6.45) is 1.41. The Bertz CT molecular complexity index is 997. The average Bonchev–Trinajstić information content (AvgIpc) is 3.22. The molecule has 0 aliphatic heterocycles. The highest BCUT2D eigenvalue weighted by Gasteiger charge is 2.31. The Morgan fingerprint density at radius 2 is 1.75 bits per heavy atom. The molecule has 0 saturated carbocycles. The monoisotopic (exact) mass is 399 g/mol. The van der Waals surface area contributed by atoms with Gasteiger partial charge in [0.1, 0.15) is 16.8 Å². The summed E-state index contributed by atoms with van der Waals surface area (Å²) in [5.41, 5.74) is 0.958. The van der Waals surface area contributed by atoms with Crippen LogP contribution < -0.4 is 10.1 Å². The lowest BCUT2D eigenvalue weighted by molar-refractivity contribution is -0.123. The number of hydrogen-bond acceptors (Lipinski definition) is 5. The first kappa shape index (κ1) is 19.7. The van der Waals surface area contributed by atoms with E-state index in [1.54, 1.807) is 60.7 Å². The quantitative estimate of drug-likeness (QED) is 0.628. The van der Waals surface area contributed by atoms with Crippen molar-refractivity contribution in [3.05, 3.63) is 84.3 Å². The maximum absolute atomic E-state index is 13.1. The lowest BCUT2D eigenvalue weighted by Crippen LogP contribution is -2.34. The lowest BCUT2D eigenvalue weighted by atomic mass is 10.2. The lowest BCUT2D eigenvalue weighted by Gasteiger charge is -2.17. The molecule has 0 aliphatic carbocycles. The van der Waals surface area contributed by atoms with Crippen molar-refractivity contribution in [3.8, 4) is 5.75 Å². The van der Waals surface area contributed by atoms with E-state index in [1.165, 1.54) is 6.26 Å². The van der Waals surface area contributed by atoms with Crippen molar-refractivity contribution in [1.29, 1.82) is 0 Å². The smallest absolute Gasteiger partial charge is 0.257 e. The number of nitrogens with one attached hydrogen (secondary N) is 1. The number of sulfone groups is 1. The second kappa shape index (κ2) is 8.75. The number of ether oxygens (including phenoxy) is 1. The van der Waals surface area contributed by atoms with Crippen molar-refractivity contribution >= 4 is 15.7 Å². The molecule has 1 N–H and O–H groups in total. The molecule has 0 bridgehead atoms. The minimum Gasteiger partial charge on any atom is -0.484 e. The van der Waals surface area contributed by atoms with E-state index in [0.717, 1.165) is 5.56 Å². The molecule has 1 amide bonds. The van der Waals surface area contributed by atoms with Crippen LogP contribution in [-0.2, 0) is 14.6 Å². The second-order valence-corrected chi connectivity index (χ2v) is 8.40. The highest BCUT2D eigenvalue weighted by atomic mass is 32.2. The van der Waals surface area contributed by atoms with Crippen LogP contribution in [0.2, 0.25) is 0 Å². The number of rotatable bonds is 8. The van der Waals surface area contributed by atoms with E-state index in [1.807, 2.05) is 13.0 Å². The van der Waals surface area contributed by atoms with Crippen molar-refractivity contribution < 1.29 is 22.4 Å². The van der Waals surface area contributed by atoms with E-state index in [0.29, 0.717) is 5.75 Å². The van der Waals surface area contributed by atoms with Gasteiger partial charge in [-0.3, -0.25) is 4.79 Å². The number of carbonyl (C=O) groups is 1. The highest BCUT2D eigenvalue weighted by molar-refractivity contribution is 7.91. The van der Waals surface area contributed by atoms with Crippen LogP contribution >= 0.6 is 0 Å².